The third-order valence-electron chi connectivity index (χ3n) is 3.11. The number of nitrogens with one attached hydrogen (secondary N) is 1. The highest BCUT2D eigenvalue weighted by Gasteiger charge is 2.08. The van der Waals surface area contributed by atoms with Gasteiger partial charge in [-0.15, -0.1) is 0 Å². The summed E-state index contributed by atoms with van der Waals surface area (Å²) in [5.74, 6) is 1.12. The van der Waals surface area contributed by atoms with Crippen molar-refractivity contribution in [1.82, 2.24) is 10.1 Å². The molecule has 106 valence electrons. The van der Waals surface area contributed by atoms with Crippen LogP contribution in [0.2, 0.25) is 5.02 Å². The maximum absolute atomic E-state index is 6.09. The van der Waals surface area contributed by atoms with Gasteiger partial charge in [0, 0.05) is 16.3 Å². The van der Waals surface area contributed by atoms with Gasteiger partial charge >= 0.3 is 0 Å². The van der Waals surface area contributed by atoms with Crippen LogP contribution in [0.1, 0.15) is 11.4 Å². The van der Waals surface area contributed by atoms with Gasteiger partial charge in [-0.05, 0) is 36.8 Å². The first-order valence-corrected chi connectivity index (χ1v) is 6.98. The van der Waals surface area contributed by atoms with E-state index in [9.17, 15) is 0 Å². The lowest BCUT2D eigenvalue weighted by atomic mass is 10.2. The van der Waals surface area contributed by atoms with Crippen molar-refractivity contribution in [2.75, 3.05) is 5.32 Å². The zero-order chi connectivity index (χ0) is 14.7. The Hall–Kier alpha value is -2.33. The smallest absolute Gasteiger partial charge is 0.257 e. The van der Waals surface area contributed by atoms with E-state index in [2.05, 4.69) is 15.5 Å². The summed E-state index contributed by atoms with van der Waals surface area (Å²) in [6.45, 7) is 2.45. The number of anilines is 1. The summed E-state index contributed by atoms with van der Waals surface area (Å²) >= 11 is 6.09. The number of aryl methyl sites for hydroxylation is 1. The molecule has 0 aliphatic heterocycles. The first kappa shape index (κ1) is 13.6. The maximum Gasteiger partial charge on any atom is 0.257 e. The largest absolute Gasteiger partial charge is 0.378 e. The van der Waals surface area contributed by atoms with E-state index < -0.39 is 0 Å². The molecule has 0 spiro atoms. The summed E-state index contributed by atoms with van der Waals surface area (Å²) in [6.07, 6.45) is 0. The van der Waals surface area contributed by atoms with Gasteiger partial charge in [0.15, 0.2) is 5.82 Å². The lowest BCUT2D eigenvalue weighted by Gasteiger charge is -2.05. The molecule has 0 unspecified atom stereocenters. The summed E-state index contributed by atoms with van der Waals surface area (Å²) < 4.78 is 5.25. The van der Waals surface area contributed by atoms with Crippen molar-refractivity contribution in [3.05, 3.63) is 64.9 Å². The van der Waals surface area contributed by atoms with E-state index in [0.717, 1.165) is 21.8 Å². The van der Waals surface area contributed by atoms with Gasteiger partial charge in [0.05, 0.1) is 6.54 Å². The molecule has 3 aromatic rings. The third kappa shape index (κ3) is 3.23. The minimum Gasteiger partial charge on any atom is -0.378 e. The lowest BCUT2D eigenvalue weighted by Crippen LogP contribution is -2.01. The van der Waals surface area contributed by atoms with Crippen molar-refractivity contribution in [3.8, 4) is 11.5 Å². The second-order valence-corrected chi connectivity index (χ2v) is 5.11. The van der Waals surface area contributed by atoms with E-state index in [1.54, 1.807) is 0 Å². The van der Waals surface area contributed by atoms with E-state index in [-0.39, 0.29) is 0 Å². The molecule has 4 nitrogen and oxygen atoms in total. The van der Waals surface area contributed by atoms with Crippen molar-refractivity contribution >= 4 is 17.3 Å². The van der Waals surface area contributed by atoms with E-state index in [1.165, 1.54) is 0 Å². The third-order valence-corrected chi connectivity index (χ3v) is 3.52. The average Bonchev–Trinajstić information content (AvgIpc) is 2.98. The Morgan fingerprint density at radius 1 is 1.14 bits per heavy atom. The Morgan fingerprint density at radius 3 is 2.71 bits per heavy atom. The quantitative estimate of drug-likeness (QED) is 0.780. The molecule has 1 aromatic heterocycles. The molecule has 0 aliphatic rings. The fourth-order valence-corrected chi connectivity index (χ4v) is 2.09. The number of hydrogen-bond donors (Lipinski definition) is 1. The Morgan fingerprint density at radius 2 is 1.95 bits per heavy atom. The summed E-state index contributed by atoms with van der Waals surface area (Å²) in [5.41, 5.74) is 2.89. The number of halogens is 1. The Labute approximate surface area is 127 Å². The van der Waals surface area contributed by atoms with Gasteiger partial charge in [0.25, 0.3) is 5.89 Å². The zero-order valence-corrected chi connectivity index (χ0v) is 12.3. The average molecular weight is 300 g/mol. The van der Waals surface area contributed by atoms with Gasteiger partial charge in [-0.25, -0.2) is 0 Å². The normalized spacial score (nSPS) is 10.6. The van der Waals surface area contributed by atoms with Gasteiger partial charge < -0.3 is 9.84 Å². The molecular formula is C16H14ClN3O. The second kappa shape index (κ2) is 5.97. The molecule has 2 aromatic carbocycles. The number of aromatic nitrogens is 2. The highest BCUT2D eigenvalue weighted by molar-refractivity contribution is 6.31. The van der Waals surface area contributed by atoms with Crippen LogP contribution in [0.3, 0.4) is 0 Å². The second-order valence-electron chi connectivity index (χ2n) is 4.70. The number of nitrogens with zero attached hydrogens (tertiary/aromatic N) is 2. The van der Waals surface area contributed by atoms with E-state index >= 15 is 0 Å². The zero-order valence-electron chi connectivity index (χ0n) is 11.5. The predicted octanol–water partition coefficient (Wildman–Crippen LogP) is 4.31. The molecular weight excluding hydrogens is 286 g/mol. The van der Waals surface area contributed by atoms with Crippen molar-refractivity contribution in [1.29, 1.82) is 0 Å². The monoisotopic (exact) mass is 299 g/mol. The van der Waals surface area contributed by atoms with Crippen LogP contribution < -0.4 is 5.32 Å². The molecule has 1 N–H and O–H groups in total. The standard InChI is InChI=1S/C16H14ClN3O/c1-11-7-8-13(9-14(11)17)18-10-15-19-16(21-20-15)12-5-3-2-4-6-12/h2-9,18H,10H2,1H3. The molecule has 0 fully saturated rings. The molecule has 0 amide bonds. The SMILES string of the molecule is Cc1ccc(NCc2noc(-c3ccccc3)n2)cc1Cl. The molecule has 3 rings (SSSR count). The highest BCUT2D eigenvalue weighted by atomic mass is 35.5. The molecule has 0 saturated heterocycles. The maximum atomic E-state index is 6.09. The number of benzene rings is 2. The summed E-state index contributed by atoms with van der Waals surface area (Å²) in [7, 11) is 0. The first-order chi connectivity index (χ1) is 10.2. The van der Waals surface area contributed by atoms with Gasteiger partial charge in [-0.1, -0.05) is 41.0 Å². The molecule has 0 bridgehead atoms. The van der Waals surface area contributed by atoms with Crippen LogP contribution in [0.5, 0.6) is 0 Å². The fourth-order valence-electron chi connectivity index (χ4n) is 1.91. The highest BCUT2D eigenvalue weighted by Crippen LogP contribution is 2.21. The summed E-state index contributed by atoms with van der Waals surface area (Å²) in [5, 5.41) is 7.92. The van der Waals surface area contributed by atoms with Gasteiger partial charge in [-0.2, -0.15) is 4.98 Å². The van der Waals surface area contributed by atoms with Gasteiger partial charge in [0.1, 0.15) is 0 Å². The molecule has 0 aliphatic carbocycles. The Kier molecular flexibility index (Phi) is 3.88. The van der Waals surface area contributed by atoms with Gasteiger partial charge in [0.2, 0.25) is 0 Å². The molecule has 1 heterocycles. The van der Waals surface area contributed by atoms with Crippen molar-refractivity contribution in [2.45, 2.75) is 13.5 Å². The van der Waals surface area contributed by atoms with Crippen LogP contribution in [0.25, 0.3) is 11.5 Å². The van der Waals surface area contributed by atoms with Crippen LogP contribution in [0.15, 0.2) is 53.1 Å². The van der Waals surface area contributed by atoms with Gasteiger partial charge in [-0.3, -0.25) is 0 Å². The molecule has 0 radical (unpaired) electrons. The number of hydrogen-bond acceptors (Lipinski definition) is 4. The van der Waals surface area contributed by atoms with E-state index in [4.69, 9.17) is 16.1 Å². The van der Waals surface area contributed by atoms with E-state index in [0.29, 0.717) is 18.3 Å². The Bertz CT molecular complexity index is 740. The lowest BCUT2D eigenvalue weighted by molar-refractivity contribution is 0.423. The molecule has 0 saturated carbocycles. The topological polar surface area (TPSA) is 51.0 Å². The number of rotatable bonds is 4. The van der Waals surface area contributed by atoms with Crippen LogP contribution in [0.4, 0.5) is 5.69 Å². The summed E-state index contributed by atoms with van der Waals surface area (Å²) in [4.78, 5) is 4.36. The van der Waals surface area contributed by atoms with Crippen LogP contribution in [-0.4, -0.2) is 10.1 Å². The van der Waals surface area contributed by atoms with Crippen molar-refractivity contribution in [3.63, 3.8) is 0 Å². The predicted molar refractivity (Wildman–Crippen MR) is 83.2 cm³/mol. The van der Waals surface area contributed by atoms with Crippen LogP contribution in [0, 0.1) is 6.92 Å². The first-order valence-electron chi connectivity index (χ1n) is 6.60. The molecule has 5 heteroatoms. The minimum atomic E-state index is 0.482. The fraction of sp³-hybridized carbons (Fsp3) is 0.125. The molecule has 21 heavy (non-hydrogen) atoms. The van der Waals surface area contributed by atoms with Crippen molar-refractivity contribution in [2.24, 2.45) is 0 Å². The van der Waals surface area contributed by atoms with Crippen molar-refractivity contribution < 1.29 is 4.52 Å². The van der Waals surface area contributed by atoms with Crippen LogP contribution in [-0.2, 0) is 6.54 Å². The van der Waals surface area contributed by atoms with E-state index in [1.807, 2.05) is 55.5 Å². The summed E-state index contributed by atoms with van der Waals surface area (Å²) in [6, 6.07) is 15.5. The Balaban J connectivity index is 1.69. The molecule has 0 atom stereocenters. The minimum absolute atomic E-state index is 0.482. The van der Waals surface area contributed by atoms with Crippen LogP contribution >= 0.6 is 11.6 Å².